The van der Waals surface area contributed by atoms with E-state index in [0.29, 0.717) is 39.0 Å². The van der Waals surface area contributed by atoms with Crippen LogP contribution in [0.25, 0.3) is 0 Å². The summed E-state index contributed by atoms with van der Waals surface area (Å²) in [5.41, 5.74) is 6.70. The molecule has 1 heterocycles. The van der Waals surface area contributed by atoms with Gasteiger partial charge in [-0.05, 0) is 62.5 Å². The summed E-state index contributed by atoms with van der Waals surface area (Å²) in [6.07, 6.45) is 3.47. The highest BCUT2D eigenvalue weighted by Gasteiger charge is 2.71. The average molecular weight is 569 g/mol. The Bertz CT molecular complexity index is 1270. The number of hydrogen-bond acceptors (Lipinski definition) is 7. The maximum atomic E-state index is 13.9. The molecule has 1 aromatic rings. The van der Waals surface area contributed by atoms with Gasteiger partial charge in [-0.15, -0.1) is 0 Å². The molecule has 2 saturated carbocycles. The Kier molecular flexibility index (Phi) is 7.75. The lowest BCUT2D eigenvalue weighted by molar-refractivity contribution is -0.126. The van der Waals surface area contributed by atoms with E-state index in [9.17, 15) is 21.6 Å². The van der Waals surface area contributed by atoms with Gasteiger partial charge in [-0.2, -0.15) is 4.31 Å². The van der Waals surface area contributed by atoms with Crippen LogP contribution in [0.1, 0.15) is 52.0 Å². The van der Waals surface area contributed by atoms with Crippen LogP contribution in [-0.2, 0) is 24.7 Å². The molecule has 3 aliphatic rings. The maximum absolute atomic E-state index is 13.9. The third kappa shape index (κ3) is 5.23. The Morgan fingerprint density at radius 3 is 2.32 bits per heavy atom. The molecule has 4 atom stereocenters. The molecular weight excluding hydrogens is 524 g/mol. The number of fused-ring (bicyclic) bond motifs is 2. The number of rotatable bonds is 9. The van der Waals surface area contributed by atoms with Crippen molar-refractivity contribution in [3.63, 3.8) is 0 Å². The van der Waals surface area contributed by atoms with Gasteiger partial charge in [-0.25, -0.2) is 16.8 Å². The molecule has 0 spiro atoms. The summed E-state index contributed by atoms with van der Waals surface area (Å²) in [7, 11) is -6.85. The van der Waals surface area contributed by atoms with Crippen LogP contribution in [0.3, 0.4) is 0 Å². The number of nitrogens with zero attached hydrogens (tertiary/aromatic N) is 2. The van der Waals surface area contributed by atoms with Gasteiger partial charge in [0.1, 0.15) is 9.84 Å². The number of para-hydroxylation sites is 1. The van der Waals surface area contributed by atoms with E-state index < -0.39 is 42.8 Å². The number of benzene rings is 1. The molecule has 3 fully saturated rings. The minimum atomic E-state index is -3.61. The summed E-state index contributed by atoms with van der Waals surface area (Å²) < 4.78 is 52.7. The van der Waals surface area contributed by atoms with Crippen molar-refractivity contribution in [2.24, 2.45) is 22.5 Å². The molecule has 11 heteroatoms. The fraction of sp³-hybridized carbons (Fsp3) is 0.741. The minimum Gasteiger partial charge on any atom is -0.369 e. The first-order chi connectivity index (χ1) is 17.5. The first-order valence-corrected chi connectivity index (χ1v) is 17.2. The quantitative estimate of drug-likeness (QED) is 0.465. The Balaban J connectivity index is 1.51. The summed E-state index contributed by atoms with van der Waals surface area (Å²) in [6, 6.07) is 7.19. The van der Waals surface area contributed by atoms with Gasteiger partial charge in [0.15, 0.2) is 0 Å². The highest BCUT2D eigenvalue weighted by molar-refractivity contribution is 7.90. The first-order valence-electron chi connectivity index (χ1n) is 13.6. The molecular formula is C27H44N4O5S2. The van der Waals surface area contributed by atoms with E-state index in [2.05, 4.69) is 43.1 Å². The number of carbonyl (C=O) groups excluding carboxylic acids is 1. The van der Waals surface area contributed by atoms with Gasteiger partial charge < -0.3 is 16.0 Å². The lowest BCUT2D eigenvalue weighted by Gasteiger charge is -2.50. The molecule has 1 aliphatic heterocycles. The zero-order valence-corrected chi connectivity index (χ0v) is 25.0. The second-order valence-corrected chi connectivity index (χ2v) is 16.7. The largest absolute Gasteiger partial charge is 0.369 e. The Hall–Kier alpha value is -1.69. The monoisotopic (exact) mass is 568 g/mol. The predicted octanol–water partition coefficient (Wildman–Crippen LogP) is 1.91. The molecule has 0 radical (unpaired) electrons. The number of sulfone groups is 1. The van der Waals surface area contributed by atoms with Gasteiger partial charge in [-0.1, -0.05) is 32.0 Å². The highest BCUT2D eigenvalue weighted by Crippen LogP contribution is 2.70. The van der Waals surface area contributed by atoms with E-state index in [0.717, 1.165) is 18.4 Å². The highest BCUT2D eigenvalue weighted by atomic mass is 32.2. The van der Waals surface area contributed by atoms with Gasteiger partial charge in [-0.3, -0.25) is 4.79 Å². The van der Waals surface area contributed by atoms with Crippen LogP contribution in [0.4, 0.5) is 5.69 Å². The Morgan fingerprint density at radius 1 is 1.11 bits per heavy atom. The van der Waals surface area contributed by atoms with Crippen molar-refractivity contribution in [1.82, 2.24) is 9.62 Å². The maximum Gasteiger partial charge on any atom is 0.237 e. The zero-order valence-electron chi connectivity index (χ0n) is 23.4. The summed E-state index contributed by atoms with van der Waals surface area (Å²) in [5, 5.41) is 3.13. The molecule has 4 rings (SSSR count). The van der Waals surface area contributed by atoms with Crippen molar-refractivity contribution in [1.29, 1.82) is 0 Å². The number of aryl methyl sites for hydroxylation is 1. The van der Waals surface area contributed by atoms with Crippen LogP contribution in [-0.4, -0.2) is 82.6 Å². The van der Waals surface area contributed by atoms with Gasteiger partial charge in [0.25, 0.3) is 0 Å². The second-order valence-electron chi connectivity index (χ2n) is 12.5. The summed E-state index contributed by atoms with van der Waals surface area (Å²) in [6.45, 7) is 10.4. The number of amides is 1. The van der Waals surface area contributed by atoms with Gasteiger partial charge >= 0.3 is 0 Å². The molecule has 214 valence electrons. The van der Waals surface area contributed by atoms with Crippen LogP contribution in [0, 0.1) is 23.7 Å². The van der Waals surface area contributed by atoms with E-state index >= 15 is 0 Å². The van der Waals surface area contributed by atoms with E-state index in [-0.39, 0.29) is 29.3 Å². The smallest absolute Gasteiger partial charge is 0.237 e. The fourth-order valence-corrected chi connectivity index (χ4v) is 10.5. The summed E-state index contributed by atoms with van der Waals surface area (Å²) in [4.78, 5) is 15.4. The molecule has 0 unspecified atom stereocenters. The van der Waals surface area contributed by atoms with E-state index in [1.807, 2.05) is 19.1 Å². The van der Waals surface area contributed by atoms with Crippen LogP contribution in [0.5, 0.6) is 0 Å². The van der Waals surface area contributed by atoms with Crippen LogP contribution < -0.4 is 16.0 Å². The molecule has 1 aromatic carbocycles. The summed E-state index contributed by atoms with van der Waals surface area (Å²) in [5.74, 6) is -0.319. The molecule has 1 amide bonds. The zero-order chi connectivity index (χ0) is 28.1. The van der Waals surface area contributed by atoms with Gasteiger partial charge in [0.2, 0.25) is 15.9 Å². The minimum absolute atomic E-state index is 0.0246. The molecule has 1 saturated heterocycles. The van der Waals surface area contributed by atoms with Crippen molar-refractivity contribution in [2.45, 2.75) is 65.0 Å². The first kappa shape index (κ1) is 29.3. The van der Waals surface area contributed by atoms with Crippen molar-refractivity contribution in [3.8, 4) is 0 Å². The molecule has 2 bridgehead atoms. The van der Waals surface area contributed by atoms with Crippen molar-refractivity contribution in [2.75, 3.05) is 48.8 Å². The van der Waals surface area contributed by atoms with Crippen LogP contribution >= 0.6 is 0 Å². The SMILES string of the molecule is Cc1ccccc1N1CCN(S(=O)(=O)C[C@@]23CC[C@@H](C[C@]2(C)NC(=O)[C@@H](N)CCS(C)(=O)=O)C3(C)C)CC1. The number of carbonyl (C=O) groups is 1. The van der Waals surface area contributed by atoms with Crippen molar-refractivity contribution >= 4 is 31.5 Å². The number of sulfonamides is 1. The number of anilines is 1. The lowest BCUT2D eigenvalue weighted by atomic mass is 9.63. The van der Waals surface area contributed by atoms with E-state index in [1.54, 1.807) is 4.31 Å². The van der Waals surface area contributed by atoms with Crippen molar-refractivity contribution in [3.05, 3.63) is 29.8 Å². The molecule has 0 aromatic heterocycles. The van der Waals surface area contributed by atoms with E-state index in [4.69, 9.17) is 5.73 Å². The lowest BCUT2D eigenvalue weighted by Crippen LogP contribution is -2.64. The van der Waals surface area contributed by atoms with Crippen molar-refractivity contribution < 1.29 is 21.6 Å². The van der Waals surface area contributed by atoms with E-state index in [1.165, 1.54) is 5.56 Å². The number of piperazine rings is 1. The Morgan fingerprint density at radius 2 is 1.74 bits per heavy atom. The molecule has 38 heavy (non-hydrogen) atoms. The number of nitrogens with two attached hydrogens (primary N) is 1. The number of hydrogen-bond donors (Lipinski definition) is 2. The average Bonchev–Trinajstić information content (AvgIpc) is 3.15. The van der Waals surface area contributed by atoms with Gasteiger partial charge in [0.05, 0.1) is 17.5 Å². The molecule has 2 aliphatic carbocycles. The third-order valence-corrected chi connectivity index (χ3v) is 12.9. The third-order valence-electron chi connectivity index (χ3n) is 9.94. The normalized spacial score (nSPS) is 30.4. The van der Waals surface area contributed by atoms with Crippen LogP contribution in [0.15, 0.2) is 24.3 Å². The fourth-order valence-electron chi connectivity index (χ4n) is 7.48. The molecule has 3 N–H and O–H groups in total. The summed E-state index contributed by atoms with van der Waals surface area (Å²) >= 11 is 0. The van der Waals surface area contributed by atoms with Crippen LogP contribution in [0.2, 0.25) is 0 Å². The number of nitrogens with one attached hydrogen (secondary N) is 1. The second kappa shape index (κ2) is 10.1. The molecule has 9 nitrogen and oxygen atoms in total. The topological polar surface area (TPSA) is 130 Å². The standard InChI is InChI=1S/C27H44N4O5S2/c1-20-8-6-7-9-23(20)30-13-15-31(16-14-30)38(35,36)19-27-12-10-21(25(27,2)3)18-26(27,4)29-24(32)22(28)11-17-37(5,33)34/h6-9,21-22H,10-19,28H2,1-5H3,(H,29,32)/t21-,22-,26-,27+/m0/s1. The predicted molar refractivity (Wildman–Crippen MR) is 151 cm³/mol. The van der Waals surface area contributed by atoms with Gasteiger partial charge in [0, 0.05) is 49.1 Å². The Labute approximate surface area is 228 Å².